The SMILES string of the molecule is O=C(O)c1nn(Cc2nc3ccccc3s2)cc1[N+](=O)[O-]. The monoisotopic (exact) mass is 304 g/mol. The highest BCUT2D eigenvalue weighted by Gasteiger charge is 2.25. The predicted molar refractivity (Wildman–Crippen MR) is 74.6 cm³/mol. The summed E-state index contributed by atoms with van der Waals surface area (Å²) in [7, 11) is 0. The summed E-state index contributed by atoms with van der Waals surface area (Å²) in [6.07, 6.45) is 1.11. The average molecular weight is 304 g/mol. The van der Waals surface area contributed by atoms with Crippen molar-refractivity contribution in [1.82, 2.24) is 14.8 Å². The van der Waals surface area contributed by atoms with Crippen LogP contribution in [0, 0.1) is 10.1 Å². The van der Waals surface area contributed by atoms with E-state index in [2.05, 4.69) is 10.1 Å². The number of carboxylic acids is 1. The second-order valence-electron chi connectivity index (χ2n) is 4.20. The average Bonchev–Trinajstić information content (AvgIpc) is 3.02. The van der Waals surface area contributed by atoms with Crippen molar-refractivity contribution in [3.8, 4) is 0 Å². The molecule has 0 bridgehead atoms. The number of para-hydroxylation sites is 1. The van der Waals surface area contributed by atoms with Gasteiger partial charge in [-0.15, -0.1) is 11.3 Å². The van der Waals surface area contributed by atoms with Crippen molar-refractivity contribution in [3.63, 3.8) is 0 Å². The van der Waals surface area contributed by atoms with Crippen LogP contribution in [0.1, 0.15) is 15.5 Å². The van der Waals surface area contributed by atoms with Crippen molar-refractivity contribution < 1.29 is 14.8 Å². The first-order valence-corrected chi connectivity index (χ1v) is 6.66. The topological polar surface area (TPSA) is 111 Å². The molecule has 0 aliphatic rings. The summed E-state index contributed by atoms with van der Waals surface area (Å²) in [5.41, 5.74) is -0.262. The molecule has 1 N–H and O–H groups in total. The smallest absolute Gasteiger partial charge is 0.363 e. The van der Waals surface area contributed by atoms with Crippen LogP contribution in [0.4, 0.5) is 5.69 Å². The molecule has 2 heterocycles. The van der Waals surface area contributed by atoms with E-state index in [1.54, 1.807) is 0 Å². The Bertz CT molecular complexity index is 789. The number of hydrogen-bond acceptors (Lipinski definition) is 6. The second-order valence-corrected chi connectivity index (χ2v) is 5.31. The third-order valence-electron chi connectivity index (χ3n) is 2.78. The van der Waals surface area contributed by atoms with Gasteiger partial charge in [-0.05, 0) is 12.1 Å². The highest BCUT2D eigenvalue weighted by Crippen LogP contribution is 2.23. The quantitative estimate of drug-likeness (QED) is 0.584. The number of fused-ring (bicyclic) bond motifs is 1. The molecule has 106 valence electrons. The molecule has 0 spiro atoms. The normalized spacial score (nSPS) is 10.9. The van der Waals surface area contributed by atoms with E-state index in [0.717, 1.165) is 16.4 Å². The lowest BCUT2D eigenvalue weighted by atomic mass is 10.3. The molecule has 0 radical (unpaired) electrons. The van der Waals surface area contributed by atoms with Gasteiger partial charge in [0.2, 0.25) is 5.69 Å². The zero-order chi connectivity index (χ0) is 15.0. The molecule has 0 saturated carbocycles. The van der Waals surface area contributed by atoms with Crippen molar-refractivity contribution in [3.05, 3.63) is 51.3 Å². The zero-order valence-corrected chi connectivity index (χ0v) is 11.3. The van der Waals surface area contributed by atoms with Gasteiger partial charge in [-0.1, -0.05) is 12.1 Å². The van der Waals surface area contributed by atoms with Gasteiger partial charge in [-0.3, -0.25) is 14.8 Å². The number of aromatic nitrogens is 3. The van der Waals surface area contributed by atoms with E-state index in [-0.39, 0.29) is 6.54 Å². The molecule has 3 aromatic rings. The number of rotatable bonds is 4. The van der Waals surface area contributed by atoms with Gasteiger partial charge in [-0.2, -0.15) is 5.10 Å². The van der Waals surface area contributed by atoms with Gasteiger partial charge >= 0.3 is 11.7 Å². The molecule has 0 unspecified atom stereocenters. The van der Waals surface area contributed by atoms with Crippen molar-refractivity contribution in [1.29, 1.82) is 0 Å². The molecule has 0 fully saturated rings. The van der Waals surface area contributed by atoms with Gasteiger partial charge in [0.05, 0.1) is 21.7 Å². The van der Waals surface area contributed by atoms with Gasteiger partial charge in [0.1, 0.15) is 11.2 Å². The third-order valence-corrected chi connectivity index (χ3v) is 3.80. The lowest BCUT2D eigenvalue weighted by molar-refractivity contribution is -0.385. The molecule has 8 nitrogen and oxygen atoms in total. The first kappa shape index (κ1) is 13.2. The fraction of sp³-hybridized carbons (Fsp3) is 0.0833. The third kappa shape index (κ3) is 2.46. The maximum atomic E-state index is 10.9. The lowest BCUT2D eigenvalue weighted by Gasteiger charge is -1.94. The van der Waals surface area contributed by atoms with Crippen LogP contribution in [0.3, 0.4) is 0 Å². The summed E-state index contributed by atoms with van der Waals surface area (Å²) in [5.74, 6) is -1.43. The molecule has 0 amide bonds. The summed E-state index contributed by atoms with van der Waals surface area (Å²) >= 11 is 1.43. The fourth-order valence-electron chi connectivity index (χ4n) is 1.90. The number of carboxylic acid groups (broad SMARTS) is 1. The van der Waals surface area contributed by atoms with Gasteiger partial charge in [0, 0.05) is 0 Å². The van der Waals surface area contributed by atoms with E-state index in [9.17, 15) is 14.9 Å². The molecule has 0 aliphatic heterocycles. The molecule has 1 aromatic carbocycles. The summed E-state index contributed by atoms with van der Waals surface area (Å²) in [5, 5.41) is 24.2. The first-order valence-electron chi connectivity index (χ1n) is 5.84. The van der Waals surface area contributed by atoms with Crippen LogP contribution in [0.2, 0.25) is 0 Å². The minimum Gasteiger partial charge on any atom is -0.476 e. The number of nitrogens with zero attached hydrogens (tertiary/aromatic N) is 4. The Hall–Kier alpha value is -2.81. The predicted octanol–water partition coefficient (Wildman–Crippen LogP) is 2.15. The highest BCUT2D eigenvalue weighted by atomic mass is 32.1. The summed E-state index contributed by atoms with van der Waals surface area (Å²) in [6, 6.07) is 7.55. The molecule has 21 heavy (non-hydrogen) atoms. The summed E-state index contributed by atoms with van der Waals surface area (Å²) in [4.78, 5) is 25.4. The molecule has 0 aliphatic carbocycles. The van der Waals surface area contributed by atoms with E-state index < -0.39 is 22.3 Å². The number of benzene rings is 1. The first-order chi connectivity index (χ1) is 10.0. The number of nitro groups is 1. The number of hydrogen-bond donors (Lipinski definition) is 1. The fourth-order valence-corrected chi connectivity index (χ4v) is 2.86. The van der Waals surface area contributed by atoms with E-state index in [0.29, 0.717) is 5.01 Å². The number of carbonyl (C=O) groups is 1. The Morgan fingerprint density at radius 1 is 1.43 bits per heavy atom. The second kappa shape index (κ2) is 4.94. The van der Waals surface area contributed by atoms with Crippen LogP contribution < -0.4 is 0 Å². The Kier molecular flexibility index (Phi) is 3.10. The van der Waals surface area contributed by atoms with Crippen LogP contribution in [0.15, 0.2) is 30.5 Å². The minimum atomic E-state index is -1.43. The minimum absolute atomic E-state index is 0.188. The summed E-state index contributed by atoms with van der Waals surface area (Å²) in [6.45, 7) is 0.188. The van der Waals surface area contributed by atoms with Gasteiger partial charge < -0.3 is 5.11 Å². The number of thiazole rings is 1. The van der Waals surface area contributed by atoms with Gasteiger partial charge in [-0.25, -0.2) is 9.78 Å². The van der Waals surface area contributed by atoms with Gasteiger partial charge in [0.15, 0.2) is 0 Å². The van der Waals surface area contributed by atoms with E-state index in [1.807, 2.05) is 24.3 Å². The summed E-state index contributed by atoms with van der Waals surface area (Å²) < 4.78 is 2.21. The van der Waals surface area contributed by atoms with Crippen molar-refractivity contribution >= 4 is 33.2 Å². The zero-order valence-electron chi connectivity index (χ0n) is 10.5. The van der Waals surface area contributed by atoms with Crippen molar-refractivity contribution in [2.75, 3.05) is 0 Å². The molecule has 0 atom stereocenters. The maximum Gasteiger partial charge on any atom is 0.363 e. The lowest BCUT2D eigenvalue weighted by Crippen LogP contribution is -2.04. The molecule has 3 rings (SSSR count). The molecular formula is C12H8N4O4S. The maximum absolute atomic E-state index is 10.9. The molecule has 0 saturated heterocycles. The van der Waals surface area contributed by atoms with Crippen LogP contribution in [0.25, 0.3) is 10.2 Å². The Balaban J connectivity index is 1.96. The molecule has 2 aromatic heterocycles. The molecule has 9 heteroatoms. The van der Waals surface area contributed by atoms with Crippen molar-refractivity contribution in [2.24, 2.45) is 0 Å². The Morgan fingerprint density at radius 2 is 2.19 bits per heavy atom. The van der Waals surface area contributed by atoms with Crippen LogP contribution in [-0.4, -0.2) is 30.8 Å². The van der Waals surface area contributed by atoms with E-state index in [1.165, 1.54) is 16.0 Å². The van der Waals surface area contributed by atoms with Crippen LogP contribution in [-0.2, 0) is 6.54 Å². The van der Waals surface area contributed by atoms with Crippen molar-refractivity contribution in [2.45, 2.75) is 6.54 Å². The Morgan fingerprint density at radius 3 is 2.81 bits per heavy atom. The molecular weight excluding hydrogens is 296 g/mol. The van der Waals surface area contributed by atoms with E-state index in [4.69, 9.17) is 5.11 Å². The van der Waals surface area contributed by atoms with Gasteiger partial charge in [0.25, 0.3) is 0 Å². The van der Waals surface area contributed by atoms with Crippen LogP contribution in [0.5, 0.6) is 0 Å². The highest BCUT2D eigenvalue weighted by molar-refractivity contribution is 7.18. The Labute approximate surface area is 121 Å². The van der Waals surface area contributed by atoms with Crippen LogP contribution >= 0.6 is 11.3 Å². The largest absolute Gasteiger partial charge is 0.476 e. The standard InChI is InChI=1S/C12H8N4O4S/c17-12(18)11-8(16(19)20)5-15(14-11)6-10-13-7-3-1-2-4-9(7)21-10/h1-5H,6H2,(H,17,18). The number of aromatic carboxylic acids is 1. The van der Waals surface area contributed by atoms with E-state index >= 15 is 0 Å².